The third kappa shape index (κ3) is 5.08. The van der Waals surface area contributed by atoms with Crippen molar-refractivity contribution in [2.75, 3.05) is 44.3 Å². The van der Waals surface area contributed by atoms with Crippen LogP contribution in [0.3, 0.4) is 0 Å². The van der Waals surface area contributed by atoms with Crippen LogP contribution < -0.4 is 21.1 Å². The third-order valence-electron chi connectivity index (χ3n) is 3.70. The molecule has 0 aromatic heterocycles. The molecule has 25 heavy (non-hydrogen) atoms. The van der Waals surface area contributed by atoms with Crippen molar-refractivity contribution < 1.29 is 26.7 Å². The monoisotopic (exact) mass is 378 g/mol. The van der Waals surface area contributed by atoms with Crippen molar-refractivity contribution in [3.05, 3.63) is 23.8 Å². The summed E-state index contributed by atoms with van der Waals surface area (Å²) in [6.07, 6.45) is 0. The number of primary sulfonamides is 1. The van der Waals surface area contributed by atoms with Crippen LogP contribution in [0.25, 0.3) is 0 Å². The average molecular weight is 378 g/mol. The number of sulfonamides is 1. The number of anilines is 1. The lowest BCUT2D eigenvalue weighted by Crippen LogP contribution is -2.42. The van der Waals surface area contributed by atoms with E-state index in [0.717, 1.165) is 6.07 Å². The van der Waals surface area contributed by atoms with Gasteiger partial charge in [0.15, 0.2) is 0 Å². The van der Waals surface area contributed by atoms with Crippen LogP contribution in [0.15, 0.2) is 23.1 Å². The van der Waals surface area contributed by atoms with Gasteiger partial charge in [0.25, 0.3) is 11.8 Å². The van der Waals surface area contributed by atoms with Crippen molar-refractivity contribution in [2.45, 2.75) is 10.8 Å². The fourth-order valence-electron chi connectivity index (χ4n) is 2.33. The van der Waals surface area contributed by atoms with Gasteiger partial charge in [0.2, 0.25) is 10.0 Å². The molecule has 1 heterocycles. The molecule has 1 saturated heterocycles. The maximum Gasteiger partial charge on any atom is 0.277 e. The molecule has 0 bridgehead atoms. The lowest BCUT2D eigenvalue weighted by Gasteiger charge is -2.30. The summed E-state index contributed by atoms with van der Waals surface area (Å²) < 4.78 is 54.8. The van der Waals surface area contributed by atoms with Crippen LogP contribution in [-0.2, 0) is 14.8 Å². The highest BCUT2D eigenvalue weighted by Crippen LogP contribution is 2.25. The molecule has 2 rings (SSSR count). The van der Waals surface area contributed by atoms with Gasteiger partial charge in [-0.15, -0.1) is 0 Å². The summed E-state index contributed by atoms with van der Waals surface area (Å²) in [6.45, 7) is -0.0419. The Hall–Kier alpha value is -1.82. The minimum Gasteiger partial charge on any atom is -0.378 e. The average Bonchev–Trinajstić information content (AvgIpc) is 2.59. The molecule has 1 amide bonds. The molecule has 1 aromatic carbocycles. The zero-order valence-corrected chi connectivity index (χ0v) is 14.2. The molecule has 140 valence electrons. The number of carbonyl (C=O) groups is 1. The number of hydrogen-bond donors (Lipinski definition) is 3. The Morgan fingerprint density at radius 2 is 1.96 bits per heavy atom. The Bertz CT molecular complexity index is 736. The first-order valence-corrected chi connectivity index (χ1v) is 9.04. The summed E-state index contributed by atoms with van der Waals surface area (Å²) in [5.41, 5.74) is 5.31. The minimum atomic E-state index is -4.05. The van der Waals surface area contributed by atoms with Crippen molar-refractivity contribution >= 4 is 21.6 Å². The number of amides is 1. The number of benzene rings is 1. The number of ether oxygens (including phenoxy) is 1. The number of carbonyl (C=O) groups excluding carboxylic acids is 1. The Kier molecular flexibility index (Phi) is 5.93. The molecule has 11 heteroatoms. The number of nitrogens with zero attached hydrogens (tertiary/aromatic N) is 1. The van der Waals surface area contributed by atoms with Crippen LogP contribution in [0.4, 0.5) is 14.5 Å². The molecule has 1 fully saturated rings. The molecule has 1 aromatic rings. The smallest absolute Gasteiger partial charge is 0.277 e. The number of morpholine rings is 1. The van der Waals surface area contributed by atoms with Gasteiger partial charge < -0.3 is 20.7 Å². The predicted octanol–water partition coefficient (Wildman–Crippen LogP) is -0.506. The fourth-order valence-corrected chi connectivity index (χ4v) is 2.87. The molecule has 1 aliphatic rings. The van der Waals surface area contributed by atoms with E-state index in [9.17, 15) is 22.0 Å². The topological polar surface area (TPSA) is 128 Å². The molecule has 8 nitrogen and oxygen atoms in total. The van der Waals surface area contributed by atoms with Crippen molar-refractivity contribution in [3.8, 4) is 0 Å². The molecule has 0 unspecified atom stereocenters. The second-order valence-electron chi connectivity index (χ2n) is 5.57. The van der Waals surface area contributed by atoms with E-state index in [1.54, 1.807) is 0 Å². The van der Waals surface area contributed by atoms with E-state index >= 15 is 0 Å². The van der Waals surface area contributed by atoms with Gasteiger partial charge in [0, 0.05) is 18.8 Å². The van der Waals surface area contributed by atoms with E-state index in [4.69, 9.17) is 15.6 Å². The summed E-state index contributed by atoms with van der Waals surface area (Å²) in [5, 5.41) is 7.18. The van der Waals surface area contributed by atoms with Gasteiger partial charge in [-0.3, -0.25) is 4.79 Å². The van der Waals surface area contributed by atoms with Crippen LogP contribution in [0.1, 0.15) is 10.4 Å². The van der Waals surface area contributed by atoms with Crippen molar-refractivity contribution in [1.29, 1.82) is 0 Å². The van der Waals surface area contributed by atoms with Crippen molar-refractivity contribution in [2.24, 2.45) is 10.9 Å². The molecule has 0 saturated carbocycles. The van der Waals surface area contributed by atoms with E-state index in [1.807, 2.05) is 4.90 Å². The normalized spacial score (nSPS) is 15.9. The zero-order chi connectivity index (χ0) is 18.7. The zero-order valence-electron chi connectivity index (χ0n) is 13.4. The SMILES string of the molecule is NCC(F)(F)CNC(=O)c1cc(S(N)(=O)=O)ccc1N1CCOCC1. The second-order valence-corrected chi connectivity index (χ2v) is 7.13. The first-order valence-electron chi connectivity index (χ1n) is 7.50. The first-order chi connectivity index (χ1) is 11.6. The van der Waals surface area contributed by atoms with Crippen molar-refractivity contribution in [1.82, 2.24) is 5.32 Å². The molecule has 0 radical (unpaired) electrons. The van der Waals surface area contributed by atoms with Gasteiger partial charge in [-0.1, -0.05) is 0 Å². The quantitative estimate of drug-likeness (QED) is 0.612. The molecular weight excluding hydrogens is 358 g/mol. The summed E-state index contributed by atoms with van der Waals surface area (Å²) in [6, 6.07) is 3.78. The summed E-state index contributed by atoms with van der Waals surface area (Å²) >= 11 is 0. The summed E-state index contributed by atoms with van der Waals surface area (Å²) in [4.78, 5) is 13.9. The highest BCUT2D eigenvalue weighted by molar-refractivity contribution is 7.89. The van der Waals surface area contributed by atoms with E-state index in [0.29, 0.717) is 32.0 Å². The lowest BCUT2D eigenvalue weighted by atomic mass is 10.1. The van der Waals surface area contributed by atoms with Crippen LogP contribution >= 0.6 is 0 Å². The maximum atomic E-state index is 13.3. The highest BCUT2D eigenvalue weighted by Gasteiger charge is 2.29. The summed E-state index contributed by atoms with van der Waals surface area (Å²) in [7, 11) is -4.05. The van der Waals surface area contributed by atoms with E-state index < -0.39 is 34.9 Å². The van der Waals surface area contributed by atoms with Crippen LogP contribution in [0.2, 0.25) is 0 Å². The molecule has 1 aliphatic heterocycles. The second kappa shape index (κ2) is 7.60. The molecule has 5 N–H and O–H groups in total. The van der Waals surface area contributed by atoms with E-state index in [-0.39, 0.29) is 10.5 Å². The Morgan fingerprint density at radius 1 is 1.32 bits per heavy atom. The Morgan fingerprint density at radius 3 is 2.52 bits per heavy atom. The predicted molar refractivity (Wildman–Crippen MR) is 87.2 cm³/mol. The molecule has 0 spiro atoms. The molecular formula is C14H20F2N4O4S. The van der Waals surface area contributed by atoms with Gasteiger partial charge in [0.1, 0.15) is 0 Å². The lowest BCUT2D eigenvalue weighted by molar-refractivity contribution is 0.0118. The highest BCUT2D eigenvalue weighted by atomic mass is 32.2. The summed E-state index contributed by atoms with van der Waals surface area (Å²) in [5.74, 6) is -4.09. The third-order valence-corrected chi connectivity index (χ3v) is 4.61. The number of rotatable bonds is 6. The van der Waals surface area contributed by atoms with E-state index in [2.05, 4.69) is 5.32 Å². The van der Waals surface area contributed by atoms with Crippen LogP contribution in [0, 0.1) is 0 Å². The van der Waals surface area contributed by atoms with Crippen LogP contribution in [0.5, 0.6) is 0 Å². The number of nitrogens with one attached hydrogen (secondary N) is 1. The Labute approximate surface area is 144 Å². The standard InChI is InChI=1S/C14H20F2N4O4S/c15-14(16,8-17)9-19-13(21)11-7-10(25(18,22)23)1-2-12(11)20-3-5-24-6-4-20/h1-2,7H,3-6,8-9,17H2,(H,19,21)(H2,18,22,23). The fraction of sp³-hybridized carbons (Fsp3) is 0.500. The number of hydrogen-bond acceptors (Lipinski definition) is 6. The van der Waals surface area contributed by atoms with Gasteiger partial charge in [-0.05, 0) is 18.2 Å². The minimum absolute atomic E-state index is 0.0544. The molecule has 0 aliphatic carbocycles. The maximum absolute atomic E-state index is 13.3. The number of nitrogens with two attached hydrogens (primary N) is 2. The van der Waals surface area contributed by atoms with Gasteiger partial charge in [-0.25, -0.2) is 22.3 Å². The first kappa shape index (κ1) is 19.5. The van der Waals surface area contributed by atoms with Crippen LogP contribution in [-0.4, -0.2) is 59.6 Å². The Balaban J connectivity index is 2.35. The van der Waals surface area contributed by atoms with E-state index in [1.165, 1.54) is 12.1 Å². The van der Waals surface area contributed by atoms with Gasteiger partial charge >= 0.3 is 0 Å². The van der Waals surface area contributed by atoms with Crippen molar-refractivity contribution in [3.63, 3.8) is 0 Å². The van der Waals surface area contributed by atoms with Gasteiger partial charge in [0.05, 0.1) is 36.8 Å². The molecule has 0 atom stereocenters. The number of alkyl halides is 2. The largest absolute Gasteiger partial charge is 0.378 e. The van der Waals surface area contributed by atoms with Gasteiger partial charge in [-0.2, -0.15) is 0 Å². The number of halogens is 2.